The molecular weight excluding hydrogens is 350 g/mol. The monoisotopic (exact) mass is 383 g/mol. The summed E-state index contributed by atoms with van der Waals surface area (Å²) in [6.45, 7) is 7.20. The third kappa shape index (κ3) is 4.49. The number of carbonyl (C=O) groups excluding carboxylic acids is 1. The predicted molar refractivity (Wildman–Crippen MR) is 114 cm³/mol. The average molecular weight is 384 g/mol. The normalized spacial score (nSPS) is 21.9. The van der Waals surface area contributed by atoms with Crippen molar-refractivity contribution < 1.29 is 4.79 Å². The van der Waals surface area contributed by atoms with Crippen LogP contribution in [0, 0.1) is 5.92 Å². The zero-order valence-corrected chi connectivity index (χ0v) is 17.0. The Morgan fingerprint density at radius 3 is 2.79 bits per heavy atom. The molecule has 6 heteroatoms. The fraction of sp³-hybridized carbons (Fsp3) is 0.636. The number of rotatable bonds is 6. The highest BCUT2D eigenvalue weighted by atomic mass is 16.1. The third-order valence-electron chi connectivity index (χ3n) is 6.40. The molecular formula is C22H33N5O. The Morgan fingerprint density at radius 1 is 1.18 bits per heavy atom. The summed E-state index contributed by atoms with van der Waals surface area (Å²) in [5.41, 5.74) is 2.07. The maximum Gasteiger partial charge on any atom is 0.223 e. The lowest BCUT2D eigenvalue weighted by Crippen LogP contribution is -2.42. The summed E-state index contributed by atoms with van der Waals surface area (Å²) in [6.07, 6.45) is 6.84. The first-order chi connectivity index (χ1) is 13.7. The Hall–Kier alpha value is -2.08. The number of hydrogen-bond acceptors (Lipinski definition) is 4. The zero-order chi connectivity index (χ0) is 19.3. The van der Waals surface area contributed by atoms with Gasteiger partial charge in [0.25, 0.3) is 0 Å². The number of anilines is 1. The number of fused-ring (bicyclic) bond motifs is 1. The van der Waals surface area contributed by atoms with Crippen molar-refractivity contribution in [2.24, 2.45) is 5.92 Å². The molecule has 0 saturated carbocycles. The van der Waals surface area contributed by atoms with Crippen molar-refractivity contribution in [3.05, 3.63) is 24.3 Å². The molecule has 2 saturated heterocycles. The van der Waals surface area contributed by atoms with Gasteiger partial charge >= 0.3 is 0 Å². The Kier molecular flexibility index (Phi) is 6.15. The van der Waals surface area contributed by atoms with Gasteiger partial charge in [0.05, 0.1) is 11.0 Å². The van der Waals surface area contributed by atoms with Crippen molar-refractivity contribution in [3.63, 3.8) is 0 Å². The Balaban J connectivity index is 1.18. The van der Waals surface area contributed by atoms with E-state index in [2.05, 4.69) is 38.1 Å². The van der Waals surface area contributed by atoms with Gasteiger partial charge in [-0.1, -0.05) is 18.6 Å². The van der Waals surface area contributed by atoms with Crippen molar-refractivity contribution in [1.29, 1.82) is 0 Å². The number of likely N-dealkylation sites (tertiary alicyclic amines) is 1. The van der Waals surface area contributed by atoms with Crippen molar-refractivity contribution in [2.75, 3.05) is 37.6 Å². The van der Waals surface area contributed by atoms with Gasteiger partial charge < -0.3 is 20.1 Å². The van der Waals surface area contributed by atoms with E-state index in [0.29, 0.717) is 6.04 Å². The van der Waals surface area contributed by atoms with E-state index in [0.717, 1.165) is 62.4 Å². The summed E-state index contributed by atoms with van der Waals surface area (Å²) >= 11 is 0. The standard InChI is InChI=1S/C22H33N5O/c1-17-7-4-5-13-26(17)14-6-12-23-21(28)18-10-15-27(16-11-18)22-24-19-8-2-3-9-20(19)25-22/h2-3,8-9,17-18H,4-7,10-16H2,1H3,(H,23,28)(H,24,25). The number of piperidine rings is 2. The molecule has 2 fully saturated rings. The van der Waals surface area contributed by atoms with E-state index in [4.69, 9.17) is 0 Å². The number of amides is 1. The van der Waals surface area contributed by atoms with Crippen LogP contribution in [0.5, 0.6) is 0 Å². The van der Waals surface area contributed by atoms with Crippen LogP contribution in [0.4, 0.5) is 5.95 Å². The molecule has 2 aliphatic heterocycles. The molecule has 2 aromatic rings. The van der Waals surface area contributed by atoms with Crippen LogP contribution in [0.3, 0.4) is 0 Å². The minimum Gasteiger partial charge on any atom is -0.356 e. The lowest BCUT2D eigenvalue weighted by atomic mass is 9.96. The van der Waals surface area contributed by atoms with Gasteiger partial charge in [0, 0.05) is 38.1 Å². The van der Waals surface area contributed by atoms with Crippen LogP contribution in [0.25, 0.3) is 11.0 Å². The van der Waals surface area contributed by atoms with Gasteiger partial charge in [0.2, 0.25) is 11.9 Å². The molecule has 1 amide bonds. The molecule has 4 rings (SSSR count). The first kappa shape index (κ1) is 19.2. The highest BCUT2D eigenvalue weighted by Gasteiger charge is 2.26. The van der Waals surface area contributed by atoms with E-state index >= 15 is 0 Å². The number of benzene rings is 1. The van der Waals surface area contributed by atoms with E-state index in [1.54, 1.807) is 0 Å². The number of nitrogens with zero attached hydrogens (tertiary/aromatic N) is 3. The summed E-state index contributed by atoms with van der Waals surface area (Å²) in [4.78, 5) is 25.4. The summed E-state index contributed by atoms with van der Waals surface area (Å²) < 4.78 is 0. The minimum atomic E-state index is 0.134. The first-order valence-electron chi connectivity index (χ1n) is 10.9. The predicted octanol–water partition coefficient (Wildman–Crippen LogP) is 3.16. The SMILES string of the molecule is CC1CCCCN1CCCNC(=O)C1CCN(c2nc3ccccc3[nH]2)CC1. The molecule has 1 unspecified atom stereocenters. The molecule has 6 nitrogen and oxygen atoms in total. The largest absolute Gasteiger partial charge is 0.356 e. The molecule has 28 heavy (non-hydrogen) atoms. The van der Waals surface area contributed by atoms with Gasteiger partial charge in [-0.2, -0.15) is 0 Å². The first-order valence-corrected chi connectivity index (χ1v) is 10.9. The fourth-order valence-electron chi connectivity index (χ4n) is 4.57. The number of hydrogen-bond donors (Lipinski definition) is 2. The Morgan fingerprint density at radius 2 is 2.00 bits per heavy atom. The number of imidazole rings is 1. The molecule has 0 radical (unpaired) electrons. The fourth-order valence-corrected chi connectivity index (χ4v) is 4.57. The lowest BCUT2D eigenvalue weighted by Gasteiger charge is -2.33. The quantitative estimate of drug-likeness (QED) is 0.752. The number of H-pyrrole nitrogens is 1. The summed E-state index contributed by atoms with van der Waals surface area (Å²) in [7, 11) is 0. The van der Waals surface area contributed by atoms with Crippen LogP contribution in [-0.2, 0) is 4.79 Å². The average Bonchev–Trinajstić information content (AvgIpc) is 3.17. The smallest absolute Gasteiger partial charge is 0.223 e. The van der Waals surface area contributed by atoms with E-state index in [-0.39, 0.29) is 11.8 Å². The van der Waals surface area contributed by atoms with Crippen molar-refractivity contribution in [2.45, 2.75) is 51.5 Å². The molecule has 0 spiro atoms. The second kappa shape index (κ2) is 8.95. The minimum absolute atomic E-state index is 0.134. The van der Waals surface area contributed by atoms with E-state index in [9.17, 15) is 4.79 Å². The topological polar surface area (TPSA) is 64.3 Å². The van der Waals surface area contributed by atoms with Gasteiger partial charge in [0.1, 0.15) is 0 Å². The zero-order valence-electron chi connectivity index (χ0n) is 17.0. The van der Waals surface area contributed by atoms with E-state index < -0.39 is 0 Å². The molecule has 0 aliphatic carbocycles. The van der Waals surface area contributed by atoms with Gasteiger partial charge in [-0.15, -0.1) is 0 Å². The highest BCUT2D eigenvalue weighted by molar-refractivity contribution is 5.79. The number of aromatic nitrogens is 2. The molecule has 1 aromatic heterocycles. The molecule has 152 valence electrons. The Bertz CT molecular complexity index is 747. The van der Waals surface area contributed by atoms with Gasteiger partial charge in [0.15, 0.2) is 0 Å². The molecule has 2 N–H and O–H groups in total. The summed E-state index contributed by atoms with van der Waals surface area (Å²) in [6, 6.07) is 8.81. The number of nitrogens with one attached hydrogen (secondary N) is 2. The van der Waals surface area contributed by atoms with Crippen LogP contribution in [-0.4, -0.2) is 59.5 Å². The van der Waals surface area contributed by atoms with Crippen LogP contribution in [0.1, 0.15) is 45.4 Å². The van der Waals surface area contributed by atoms with Gasteiger partial charge in [-0.3, -0.25) is 4.79 Å². The summed E-state index contributed by atoms with van der Waals surface area (Å²) in [5.74, 6) is 1.29. The molecule has 1 aromatic carbocycles. The molecule has 2 aliphatic rings. The van der Waals surface area contributed by atoms with Crippen LogP contribution in [0.2, 0.25) is 0 Å². The second-order valence-electron chi connectivity index (χ2n) is 8.36. The van der Waals surface area contributed by atoms with Crippen molar-refractivity contribution in [3.8, 4) is 0 Å². The second-order valence-corrected chi connectivity index (χ2v) is 8.36. The number of para-hydroxylation sites is 2. The Labute approximate surface area is 167 Å². The van der Waals surface area contributed by atoms with E-state index in [1.807, 2.05) is 18.2 Å². The van der Waals surface area contributed by atoms with Crippen LogP contribution in [0.15, 0.2) is 24.3 Å². The van der Waals surface area contributed by atoms with Crippen LogP contribution < -0.4 is 10.2 Å². The summed E-state index contributed by atoms with van der Waals surface area (Å²) in [5, 5.41) is 3.18. The van der Waals surface area contributed by atoms with Gasteiger partial charge in [-0.25, -0.2) is 4.98 Å². The van der Waals surface area contributed by atoms with Crippen molar-refractivity contribution >= 4 is 22.9 Å². The van der Waals surface area contributed by atoms with Gasteiger partial charge in [-0.05, 0) is 57.7 Å². The lowest BCUT2D eigenvalue weighted by molar-refractivity contribution is -0.125. The highest BCUT2D eigenvalue weighted by Crippen LogP contribution is 2.23. The molecule has 1 atom stereocenters. The molecule has 0 bridgehead atoms. The maximum atomic E-state index is 12.5. The number of carbonyl (C=O) groups is 1. The molecule has 3 heterocycles. The third-order valence-corrected chi connectivity index (χ3v) is 6.40. The van der Waals surface area contributed by atoms with Crippen molar-refractivity contribution in [1.82, 2.24) is 20.2 Å². The van der Waals surface area contributed by atoms with Crippen LogP contribution >= 0.6 is 0 Å². The van der Waals surface area contributed by atoms with E-state index in [1.165, 1.54) is 25.8 Å². The maximum absolute atomic E-state index is 12.5. The number of aromatic amines is 1.